The number of allylic oxidation sites excluding steroid dienone is 1. The van der Waals surface area contributed by atoms with Gasteiger partial charge in [0, 0.05) is 11.6 Å². The first-order valence-electron chi connectivity index (χ1n) is 9.92. The molecule has 0 unspecified atom stereocenters. The zero-order valence-corrected chi connectivity index (χ0v) is 19.7. The highest BCUT2D eigenvalue weighted by atomic mass is 32.1. The molecule has 0 amide bonds. The topological polar surface area (TPSA) is 79.1 Å². The first kappa shape index (κ1) is 22.0. The molecule has 3 aromatic rings. The maximum Gasteiger partial charge on any atom is 0.338 e. The third-order valence-electron chi connectivity index (χ3n) is 5.09. The van der Waals surface area contributed by atoms with Crippen molar-refractivity contribution in [2.75, 3.05) is 20.8 Å². The zero-order chi connectivity index (χ0) is 22.8. The first-order chi connectivity index (χ1) is 15.5. The predicted octanol–water partition coefficient (Wildman–Crippen LogP) is 2.88. The smallest absolute Gasteiger partial charge is 0.338 e. The third kappa shape index (κ3) is 3.89. The second kappa shape index (κ2) is 9.13. The van der Waals surface area contributed by atoms with E-state index in [0.29, 0.717) is 37.7 Å². The summed E-state index contributed by atoms with van der Waals surface area (Å²) in [5.41, 5.74) is 2.19. The van der Waals surface area contributed by atoms with Gasteiger partial charge in [-0.15, -0.1) is 0 Å². The van der Waals surface area contributed by atoms with Crippen LogP contribution in [0.5, 0.6) is 11.5 Å². The molecule has 0 spiro atoms. The lowest BCUT2D eigenvalue weighted by Gasteiger charge is -2.26. The van der Waals surface area contributed by atoms with Gasteiger partial charge in [0.2, 0.25) is 0 Å². The molecule has 3 heterocycles. The number of rotatable bonds is 6. The third-order valence-corrected chi connectivity index (χ3v) is 6.78. The van der Waals surface area contributed by atoms with Crippen molar-refractivity contribution in [1.29, 1.82) is 0 Å². The summed E-state index contributed by atoms with van der Waals surface area (Å²) in [7, 11) is 3.11. The number of carbonyl (C=O) groups is 1. The molecule has 1 aliphatic heterocycles. The fourth-order valence-corrected chi connectivity index (χ4v) is 5.30. The van der Waals surface area contributed by atoms with Gasteiger partial charge in [0.25, 0.3) is 5.56 Å². The van der Waals surface area contributed by atoms with Crippen LogP contribution in [0.2, 0.25) is 0 Å². The lowest BCUT2D eigenvalue weighted by molar-refractivity contribution is -0.139. The number of thiazole rings is 1. The van der Waals surface area contributed by atoms with Gasteiger partial charge in [0.1, 0.15) is 17.5 Å². The first-order valence-corrected chi connectivity index (χ1v) is 11.7. The summed E-state index contributed by atoms with van der Waals surface area (Å²) in [5, 5.41) is 3.93. The minimum atomic E-state index is -0.740. The molecule has 7 nitrogen and oxygen atoms in total. The fraction of sp³-hybridized carbons (Fsp3) is 0.261. The van der Waals surface area contributed by atoms with E-state index in [2.05, 4.69) is 4.99 Å². The van der Waals surface area contributed by atoms with Gasteiger partial charge >= 0.3 is 5.97 Å². The molecule has 0 radical (unpaired) electrons. The Hall–Kier alpha value is -3.17. The Balaban J connectivity index is 2.01. The van der Waals surface area contributed by atoms with E-state index in [1.807, 2.05) is 22.9 Å². The molecular formula is C23H22N2O5S2. The molecule has 0 bridgehead atoms. The molecule has 9 heteroatoms. The van der Waals surface area contributed by atoms with E-state index in [1.54, 1.807) is 62.2 Å². The van der Waals surface area contributed by atoms with Crippen LogP contribution in [0.25, 0.3) is 6.08 Å². The number of ether oxygens (including phenoxy) is 3. The summed E-state index contributed by atoms with van der Waals surface area (Å²) in [6, 6.07) is 6.51. The molecule has 0 saturated heterocycles. The fourth-order valence-electron chi connectivity index (χ4n) is 3.64. The van der Waals surface area contributed by atoms with Crippen LogP contribution in [0.4, 0.5) is 0 Å². The highest BCUT2D eigenvalue weighted by Crippen LogP contribution is 2.37. The Morgan fingerprint density at radius 3 is 2.72 bits per heavy atom. The highest BCUT2D eigenvalue weighted by molar-refractivity contribution is 7.08. The van der Waals surface area contributed by atoms with E-state index >= 15 is 0 Å². The van der Waals surface area contributed by atoms with Crippen LogP contribution in [0.1, 0.15) is 31.0 Å². The molecular weight excluding hydrogens is 448 g/mol. The van der Waals surface area contributed by atoms with Crippen LogP contribution in [-0.2, 0) is 9.53 Å². The quantitative estimate of drug-likeness (QED) is 0.518. The summed E-state index contributed by atoms with van der Waals surface area (Å²) in [4.78, 5) is 31.6. The summed E-state index contributed by atoms with van der Waals surface area (Å²) in [6.45, 7) is 3.71. The van der Waals surface area contributed by atoms with Gasteiger partial charge in [-0.25, -0.2) is 9.79 Å². The molecule has 1 atom stereocenters. The van der Waals surface area contributed by atoms with Gasteiger partial charge in [-0.2, -0.15) is 11.3 Å². The zero-order valence-electron chi connectivity index (χ0n) is 18.1. The molecule has 1 aromatic carbocycles. The Labute approximate surface area is 192 Å². The van der Waals surface area contributed by atoms with Crippen molar-refractivity contribution < 1.29 is 19.0 Å². The standard InChI is InChI=1S/C23H22N2O5S2/c1-5-30-22(27)19-13(2)24-23-25(21(26)18(32-23)10-14-8-9-31-12-14)20(19)16-7-6-15(28-3)11-17(16)29-4/h6-12,20H,5H2,1-4H3/b18-10+/t20-/m1/s1. The Kier molecular flexibility index (Phi) is 6.29. The van der Waals surface area contributed by atoms with Crippen molar-refractivity contribution >= 4 is 34.7 Å². The van der Waals surface area contributed by atoms with Gasteiger partial charge in [-0.05, 0) is 54.4 Å². The van der Waals surface area contributed by atoms with Crippen LogP contribution in [0.15, 0.2) is 56.1 Å². The minimum Gasteiger partial charge on any atom is -0.497 e. The van der Waals surface area contributed by atoms with E-state index < -0.39 is 12.0 Å². The average molecular weight is 471 g/mol. The Morgan fingerprint density at radius 2 is 2.06 bits per heavy atom. The van der Waals surface area contributed by atoms with Crippen molar-refractivity contribution in [1.82, 2.24) is 4.57 Å². The number of fused-ring (bicyclic) bond motifs is 1. The van der Waals surface area contributed by atoms with E-state index in [-0.39, 0.29) is 12.2 Å². The largest absolute Gasteiger partial charge is 0.497 e. The molecule has 0 fully saturated rings. The van der Waals surface area contributed by atoms with E-state index in [9.17, 15) is 9.59 Å². The summed E-state index contributed by atoms with van der Waals surface area (Å²) < 4.78 is 18.3. The van der Waals surface area contributed by atoms with Crippen LogP contribution in [-0.4, -0.2) is 31.4 Å². The van der Waals surface area contributed by atoms with Crippen molar-refractivity contribution in [3.05, 3.63) is 77.1 Å². The maximum absolute atomic E-state index is 13.5. The predicted molar refractivity (Wildman–Crippen MR) is 124 cm³/mol. The summed E-state index contributed by atoms with van der Waals surface area (Å²) >= 11 is 2.85. The normalized spacial score (nSPS) is 15.9. The van der Waals surface area contributed by atoms with E-state index in [4.69, 9.17) is 14.2 Å². The van der Waals surface area contributed by atoms with Crippen LogP contribution < -0.4 is 24.4 Å². The second-order valence-corrected chi connectivity index (χ2v) is 8.76. The van der Waals surface area contributed by atoms with Gasteiger partial charge in [-0.3, -0.25) is 9.36 Å². The number of hydrogen-bond donors (Lipinski definition) is 0. The number of nitrogens with zero attached hydrogens (tertiary/aromatic N) is 2. The molecule has 0 aliphatic carbocycles. The van der Waals surface area contributed by atoms with Crippen LogP contribution in [0.3, 0.4) is 0 Å². The van der Waals surface area contributed by atoms with Gasteiger partial charge in [-0.1, -0.05) is 11.3 Å². The monoisotopic (exact) mass is 470 g/mol. The summed E-state index contributed by atoms with van der Waals surface area (Å²) in [6.07, 6.45) is 1.84. The number of thiophene rings is 1. The van der Waals surface area contributed by atoms with Gasteiger partial charge < -0.3 is 14.2 Å². The lowest BCUT2D eigenvalue weighted by Crippen LogP contribution is -2.40. The van der Waals surface area contributed by atoms with E-state index in [0.717, 1.165) is 5.56 Å². The number of aromatic nitrogens is 1. The molecule has 32 heavy (non-hydrogen) atoms. The molecule has 0 saturated carbocycles. The van der Waals surface area contributed by atoms with Crippen LogP contribution >= 0.6 is 22.7 Å². The Bertz CT molecular complexity index is 1370. The number of esters is 1. The molecule has 166 valence electrons. The average Bonchev–Trinajstić information content (AvgIpc) is 3.40. The maximum atomic E-state index is 13.5. The number of methoxy groups -OCH3 is 2. The number of carbonyl (C=O) groups excluding carboxylic acids is 1. The number of hydrogen-bond acceptors (Lipinski definition) is 8. The van der Waals surface area contributed by atoms with Crippen molar-refractivity contribution in [2.45, 2.75) is 19.9 Å². The van der Waals surface area contributed by atoms with Crippen molar-refractivity contribution in [3.63, 3.8) is 0 Å². The lowest BCUT2D eigenvalue weighted by atomic mass is 9.95. The summed E-state index contributed by atoms with van der Waals surface area (Å²) in [5.74, 6) is 0.593. The van der Waals surface area contributed by atoms with Crippen molar-refractivity contribution in [2.24, 2.45) is 4.99 Å². The molecule has 0 N–H and O–H groups in total. The SMILES string of the molecule is CCOC(=O)C1=C(C)N=c2s/c(=C/c3ccsc3)c(=O)n2[C@@H]1c1ccc(OC)cc1OC. The van der Waals surface area contributed by atoms with Crippen molar-refractivity contribution in [3.8, 4) is 11.5 Å². The van der Waals surface area contributed by atoms with Crippen LogP contribution in [0, 0.1) is 0 Å². The highest BCUT2D eigenvalue weighted by Gasteiger charge is 2.35. The van der Waals surface area contributed by atoms with E-state index in [1.165, 1.54) is 11.3 Å². The number of benzene rings is 1. The minimum absolute atomic E-state index is 0.213. The molecule has 2 aromatic heterocycles. The van der Waals surface area contributed by atoms with Gasteiger partial charge in [0.15, 0.2) is 4.80 Å². The molecule has 4 rings (SSSR count). The Morgan fingerprint density at radius 1 is 1.25 bits per heavy atom. The molecule has 1 aliphatic rings. The second-order valence-electron chi connectivity index (χ2n) is 6.97. The van der Waals surface area contributed by atoms with Gasteiger partial charge in [0.05, 0.1) is 36.6 Å².